The Hall–Kier alpha value is -3.19. The summed E-state index contributed by atoms with van der Waals surface area (Å²) in [5.74, 6) is 0.778. The van der Waals surface area contributed by atoms with Crippen LogP contribution in [0.15, 0.2) is 42.5 Å². The number of anilines is 1. The van der Waals surface area contributed by atoms with Gasteiger partial charge in [-0.1, -0.05) is 41.2 Å². The van der Waals surface area contributed by atoms with Crippen LogP contribution in [0, 0.1) is 27.7 Å². The van der Waals surface area contributed by atoms with E-state index in [-0.39, 0.29) is 5.91 Å². The molecule has 0 aliphatic rings. The van der Waals surface area contributed by atoms with Crippen LogP contribution in [0.3, 0.4) is 0 Å². The number of rotatable bonds is 8. The van der Waals surface area contributed by atoms with E-state index in [4.69, 9.17) is 9.72 Å². The van der Waals surface area contributed by atoms with Crippen LogP contribution in [0.2, 0.25) is 0 Å². The number of aromatic nitrogens is 3. The monoisotopic (exact) mass is 462 g/mol. The van der Waals surface area contributed by atoms with Crippen molar-refractivity contribution in [1.82, 2.24) is 14.8 Å². The number of para-hydroxylation sites is 1. The van der Waals surface area contributed by atoms with E-state index in [2.05, 4.69) is 30.2 Å². The van der Waals surface area contributed by atoms with Gasteiger partial charge in [0, 0.05) is 12.2 Å². The smallest absolute Gasteiger partial charge is 0.233 e. The van der Waals surface area contributed by atoms with Crippen molar-refractivity contribution in [2.24, 2.45) is 0 Å². The zero-order valence-corrected chi connectivity index (χ0v) is 20.7. The van der Waals surface area contributed by atoms with Crippen molar-refractivity contribution in [2.75, 3.05) is 18.1 Å². The molecular formula is C26H30N4O2S. The van der Waals surface area contributed by atoms with Crippen LogP contribution in [0.1, 0.15) is 35.0 Å². The van der Waals surface area contributed by atoms with Gasteiger partial charge < -0.3 is 4.74 Å². The highest BCUT2D eigenvalue weighted by Crippen LogP contribution is 2.34. The second-order valence-corrected chi connectivity index (χ2v) is 9.34. The minimum Gasteiger partial charge on any atom is -0.492 e. The van der Waals surface area contributed by atoms with E-state index in [0.29, 0.717) is 31.2 Å². The summed E-state index contributed by atoms with van der Waals surface area (Å²) in [7, 11) is 0. The number of fused-ring (bicyclic) bond motifs is 1. The Kier molecular flexibility index (Phi) is 6.79. The van der Waals surface area contributed by atoms with E-state index in [9.17, 15) is 4.79 Å². The molecule has 0 unspecified atom stereocenters. The third-order valence-electron chi connectivity index (χ3n) is 5.69. The number of hydrogen-bond donors (Lipinski definition) is 0. The van der Waals surface area contributed by atoms with Gasteiger partial charge in [-0.15, -0.1) is 0 Å². The van der Waals surface area contributed by atoms with Crippen molar-refractivity contribution < 1.29 is 9.53 Å². The minimum atomic E-state index is 0.0299. The summed E-state index contributed by atoms with van der Waals surface area (Å²) in [4.78, 5) is 20.3. The van der Waals surface area contributed by atoms with Crippen LogP contribution in [-0.4, -0.2) is 33.8 Å². The minimum absolute atomic E-state index is 0.0299. The molecule has 0 spiro atoms. The first-order valence-electron chi connectivity index (χ1n) is 11.3. The first-order valence-corrected chi connectivity index (χ1v) is 12.1. The highest BCUT2D eigenvalue weighted by atomic mass is 32.1. The van der Waals surface area contributed by atoms with E-state index in [1.54, 1.807) is 4.90 Å². The summed E-state index contributed by atoms with van der Waals surface area (Å²) in [6.07, 6.45) is 0.332. The summed E-state index contributed by atoms with van der Waals surface area (Å²) in [6.45, 7) is 11.7. The zero-order valence-electron chi connectivity index (χ0n) is 19.9. The number of thiazole rings is 1. The highest BCUT2D eigenvalue weighted by molar-refractivity contribution is 7.22. The van der Waals surface area contributed by atoms with Gasteiger partial charge in [0.05, 0.1) is 30.0 Å². The number of aryl methyl sites for hydroxylation is 4. The quantitative estimate of drug-likeness (QED) is 0.352. The summed E-state index contributed by atoms with van der Waals surface area (Å²) in [5, 5.41) is 5.26. The van der Waals surface area contributed by atoms with Crippen molar-refractivity contribution in [1.29, 1.82) is 0 Å². The van der Waals surface area contributed by atoms with Crippen molar-refractivity contribution in [2.45, 2.75) is 47.6 Å². The molecule has 7 heteroatoms. The molecule has 2 aromatic heterocycles. The Morgan fingerprint density at radius 1 is 1.12 bits per heavy atom. The first kappa shape index (κ1) is 23.0. The third-order valence-corrected chi connectivity index (χ3v) is 6.73. The summed E-state index contributed by atoms with van der Waals surface area (Å²) in [6, 6.07) is 14.2. The van der Waals surface area contributed by atoms with Gasteiger partial charge in [-0.25, -0.2) is 4.98 Å². The average Bonchev–Trinajstić information content (AvgIpc) is 3.34. The average molecular weight is 463 g/mol. The van der Waals surface area contributed by atoms with Crippen LogP contribution >= 0.6 is 11.3 Å². The Bertz CT molecular complexity index is 1290. The van der Waals surface area contributed by atoms with Crippen molar-refractivity contribution >= 4 is 32.6 Å². The first-order chi connectivity index (χ1) is 15.9. The lowest BCUT2D eigenvalue weighted by molar-refractivity contribution is -0.118. The molecule has 6 nitrogen and oxygen atoms in total. The number of nitrogens with zero attached hydrogens (tertiary/aromatic N) is 4. The number of ether oxygens (including phenoxy) is 1. The molecule has 0 saturated carbocycles. The molecule has 2 aromatic carbocycles. The molecule has 2 heterocycles. The van der Waals surface area contributed by atoms with E-state index in [0.717, 1.165) is 44.0 Å². The van der Waals surface area contributed by atoms with Crippen LogP contribution < -0.4 is 9.64 Å². The summed E-state index contributed by atoms with van der Waals surface area (Å²) >= 11 is 1.52. The molecule has 1 amide bonds. The van der Waals surface area contributed by atoms with E-state index < -0.39 is 0 Å². The molecule has 0 aliphatic carbocycles. The van der Waals surface area contributed by atoms with Gasteiger partial charge in [0.15, 0.2) is 5.13 Å². The number of carbonyl (C=O) groups is 1. The predicted molar refractivity (Wildman–Crippen MR) is 134 cm³/mol. The lowest BCUT2D eigenvalue weighted by Gasteiger charge is -2.21. The fourth-order valence-corrected chi connectivity index (χ4v) is 5.00. The molecule has 0 atom stereocenters. The normalized spacial score (nSPS) is 11.2. The van der Waals surface area contributed by atoms with Gasteiger partial charge >= 0.3 is 0 Å². The van der Waals surface area contributed by atoms with Crippen molar-refractivity contribution in [3.63, 3.8) is 0 Å². The van der Waals surface area contributed by atoms with Gasteiger partial charge in [-0.3, -0.25) is 14.4 Å². The standard InChI is InChI=1S/C26H30N4O2S/c1-6-32-22-8-7-9-23-25(22)27-26(33-23)29(12-13-30-20(5)15-19(4)28-30)24(31)16-21-14-17(2)10-11-18(21)3/h7-11,14-15H,6,12-13,16H2,1-5H3. The second-order valence-electron chi connectivity index (χ2n) is 8.33. The maximum absolute atomic E-state index is 13.6. The molecule has 33 heavy (non-hydrogen) atoms. The molecule has 0 N–H and O–H groups in total. The number of carbonyl (C=O) groups excluding carboxylic acids is 1. The SMILES string of the molecule is CCOc1cccc2sc(N(CCn3nc(C)cc3C)C(=O)Cc3cc(C)ccc3C)nc12. The van der Waals surface area contributed by atoms with E-state index >= 15 is 0 Å². The molecule has 4 aromatic rings. The van der Waals surface area contributed by atoms with Crippen LogP contribution in [0.5, 0.6) is 5.75 Å². The molecule has 172 valence electrons. The van der Waals surface area contributed by atoms with Gasteiger partial charge in [-0.2, -0.15) is 5.10 Å². The Balaban J connectivity index is 1.68. The lowest BCUT2D eigenvalue weighted by Crippen LogP contribution is -2.35. The molecule has 4 rings (SSSR count). The van der Waals surface area contributed by atoms with Crippen LogP contribution in [-0.2, 0) is 17.8 Å². The van der Waals surface area contributed by atoms with E-state index in [1.807, 2.05) is 56.6 Å². The molecular weight excluding hydrogens is 432 g/mol. The largest absolute Gasteiger partial charge is 0.492 e. The fourth-order valence-electron chi connectivity index (χ4n) is 3.97. The lowest BCUT2D eigenvalue weighted by atomic mass is 10.0. The number of benzene rings is 2. The van der Waals surface area contributed by atoms with Crippen molar-refractivity contribution in [3.8, 4) is 5.75 Å². The number of hydrogen-bond acceptors (Lipinski definition) is 5. The molecule has 0 radical (unpaired) electrons. The molecule has 0 bridgehead atoms. The Morgan fingerprint density at radius 2 is 1.94 bits per heavy atom. The maximum Gasteiger partial charge on any atom is 0.233 e. The highest BCUT2D eigenvalue weighted by Gasteiger charge is 2.22. The summed E-state index contributed by atoms with van der Waals surface area (Å²) in [5.41, 5.74) is 6.18. The van der Waals surface area contributed by atoms with Crippen molar-refractivity contribution in [3.05, 3.63) is 70.5 Å². The van der Waals surface area contributed by atoms with Gasteiger partial charge in [0.2, 0.25) is 5.91 Å². The molecule has 0 fully saturated rings. The zero-order chi connectivity index (χ0) is 23.5. The maximum atomic E-state index is 13.6. The van der Waals surface area contributed by atoms with Gasteiger partial charge in [0.1, 0.15) is 11.3 Å². The third kappa shape index (κ3) is 5.09. The topological polar surface area (TPSA) is 60.2 Å². The van der Waals surface area contributed by atoms with Crippen LogP contribution in [0.4, 0.5) is 5.13 Å². The van der Waals surface area contributed by atoms with Gasteiger partial charge in [0.25, 0.3) is 0 Å². The summed E-state index contributed by atoms with van der Waals surface area (Å²) < 4.78 is 8.73. The van der Waals surface area contributed by atoms with Gasteiger partial charge in [-0.05, 0) is 63.9 Å². The second kappa shape index (κ2) is 9.75. The molecule has 0 aliphatic heterocycles. The predicted octanol–water partition coefficient (Wildman–Crippen LogP) is 5.40. The van der Waals surface area contributed by atoms with E-state index in [1.165, 1.54) is 11.3 Å². The Morgan fingerprint density at radius 3 is 2.67 bits per heavy atom. The number of amides is 1. The fraction of sp³-hybridized carbons (Fsp3) is 0.346. The van der Waals surface area contributed by atoms with Crippen LogP contribution in [0.25, 0.3) is 10.2 Å². The molecule has 0 saturated heterocycles. The Labute approximate surface area is 198 Å².